The molecule has 0 fully saturated rings. The number of nitrogens with one attached hydrogen (secondary N) is 2. The number of hydrogen-bond acceptors (Lipinski definition) is 5. The van der Waals surface area contributed by atoms with Crippen molar-refractivity contribution in [2.45, 2.75) is 78.5 Å². The zero-order valence-corrected chi connectivity index (χ0v) is 20.8. The van der Waals surface area contributed by atoms with Crippen LogP contribution in [0.15, 0.2) is 18.2 Å². The third kappa shape index (κ3) is 9.11. The van der Waals surface area contributed by atoms with E-state index in [1.807, 2.05) is 39.0 Å². The highest BCUT2D eigenvalue weighted by Crippen LogP contribution is 2.25. The molecule has 0 radical (unpaired) electrons. The third-order valence-electron chi connectivity index (χ3n) is 4.93. The second-order valence-corrected chi connectivity index (χ2v) is 9.23. The number of carbonyl (C=O) groups excluding carboxylic acids is 4. The van der Waals surface area contributed by atoms with Crippen molar-refractivity contribution in [3.8, 4) is 0 Å². The van der Waals surface area contributed by atoms with Gasteiger partial charge < -0.3 is 26.0 Å². The van der Waals surface area contributed by atoms with Gasteiger partial charge in [0.15, 0.2) is 0 Å². The standard InChI is InChI=1S/C24H38N4O5/c1-8-9-12-26-21(30)20(17-11-10-15(2)13-16(17)3)28(7)22(31)18(14-19(25)29)27-23(32)33-24(4,5)6/h10-11,13,18,20H,8-9,12,14H2,1-7H3,(H2,25,29)(H,26,30)(H,27,32). The van der Waals surface area contributed by atoms with Gasteiger partial charge in [-0.15, -0.1) is 0 Å². The van der Waals surface area contributed by atoms with Gasteiger partial charge in [0.2, 0.25) is 17.7 Å². The van der Waals surface area contributed by atoms with Gasteiger partial charge in [-0.1, -0.05) is 37.1 Å². The van der Waals surface area contributed by atoms with Crippen LogP contribution in [0, 0.1) is 13.8 Å². The molecule has 0 saturated carbocycles. The molecule has 2 atom stereocenters. The fraction of sp³-hybridized carbons (Fsp3) is 0.583. The summed E-state index contributed by atoms with van der Waals surface area (Å²) < 4.78 is 5.22. The SMILES string of the molecule is CCCCNC(=O)C(c1ccc(C)cc1C)N(C)C(=O)C(CC(N)=O)NC(=O)OC(C)(C)C. The van der Waals surface area contributed by atoms with Gasteiger partial charge in [-0.2, -0.15) is 0 Å². The van der Waals surface area contributed by atoms with Crippen molar-refractivity contribution < 1.29 is 23.9 Å². The van der Waals surface area contributed by atoms with Crippen LogP contribution in [-0.2, 0) is 19.1 Å². The van der Waals surface area contributed by atoms with Crippen molar-refractivity contribution in [1.29, 1.82) is 0 Å². The molecule has 1 aromatic carbocycles. The Morgan fingerprint density at radius 2 is 1.79 bits per heavy atom. The van der Waals surface area contributed by atoms with Crippen molar-refractivity contribution >= 4 is 23.8 Å². The van der Waals surface area contributed by atoms with Crippen molar-refractivity contribution in [1.82, 2.24) is 15.5 Å². The van der Waals surface area contributed by atoms with Gasteiger partial charge in [-0.3, -0.25) is 14.4 Å². The number of alkyl carbamates (subject to hydrolysis) is 1. The topological polar surface area (TPSA) is 131 Å². The van der Waals surface area contributed by atoms with E-state index in [0.29, 0.717) is 12.1 Å². The predicted molar refractivity (Wildman–Crippen MR) is 126 cm³/mol. The van der Waals surface area contributed by atoms with Gasteiger partial charge >= 0.3 is 6.09 Å². The van der Waals surface area contributed by atoms with Gasteiger partial charge in [0, 0.05) is 13.6 Å². The summed E-state index contributed by atoms with van der Waals surface area (Å²) in [5.74, 6) is -1.75. The summed E-state index contributed by atoms with van der Waals surface area (Å²) in [5.41, 5.74) is 7.05. The summed E-state index contributed by atoms with van der Waals surface area (Å²) in [4.78, 5) is 51.7. The second kappa shape index (κ2) is 12.2. The average Bonchev–Trinajstić information content (AvgIpc) is 2.67. The number of nitrogens with two attached hydrogens (primary N) is 1. The number of rotatable bonds is 10. The monoisotopic (exact) mass is 462 g/mol. The lowest BCUT2D eigenvalue weighted by Crippen LogP contribution is -2.53. The highest BCUT2D eigenvalue weighted by atomic mass is 16.6. The van der Waals surface area contributed by atoms with Crippen LogP contribution >= 0.6 is 0 Å². The summed E-state index contributed by atoms with van der Waals surface area (Å²) in [6.45, 7) is 11.3. The molecule has 4 N–H and O–H groups in total. The van der Waals surface area contributed by atoms with Gasteiger partial charge in [-0.25, -0.2) is 4.79 Å². The maximum Gasteiger partial charge on any atom is 0.408 e. The van der Waals surface area contributed by atoms with Crippen LogP contribution < -0.4 is 16.4 Å². The summed E-state index contributed by atoms with van der Waals surface area (Å²) in [7, 11) is 1.47. The number of ether oxygens (including phenoxy) is 1. The highest BCUT2D eigenvalue weighted by molar-refractivity contribution is 5.94. The summed E-state index contributed by atoms with van der Waals surface area (Å²) >= 11 is 0. The fourth-order valence-electron chi connectivity index (χ4n) is 3.37. The van der Waals surface area contributed by atoms with Crippen LogP contribution in [0.5, 0.6) is 0 Å². The van der Waals surface area contributed by atoms with E-state index in [2.05, 4.69) is 10.6 Å². The number of aryl methyl sites for hydroxylation is 2. The number of primary amides is 1. The van der Waals surface area contributed by atoms with Gasteiger partial charge in [0.25, 0.3) is 0 Å². The molecule has 1 rings (SSSR count). The molecule has 0 aromatic heterocycles. The fourth-order valence-corrected chi connectivity index (χ4v) is 3.37. The van der Waals surface area contributed by atoms with E-state index in [0.717, 1.165) is 24.0 Å². The first-order valence-corrected chi connectivity index (χ1v) is 11.2. The van der Waals surface area contributed by atoms with Crippen LogP contribution in [0.4, 0.5) is 4.79 Å². The Hall–Kier alpha value is -3.10. The molecule has 1 aromatic rings. The molecule has 9 nitrogen and oxygen atoms in total. The molecule has 0 bridgehead atoms. The molecule has 0 aliphatic heterocycles. The predicted octanol–water partition coefficient (Wildman–Crippen LogP) is 2.49. The molecule has 0 heterocycles. The minimum absolute atomic E-state index is 0.346. The number of nitrogens with zero attached hydrogens (tertiary/aromatic N) is 1. The zero-order valence-electron chi connectivity index (χ0n) is 20.8. The molecular weight excluding hydrogens is 424 g/mol. The average molecular weight is 463 g/mol. The lowest BCUT2D eigenvalue weighted by molar-refractivity contribution is -0.141. The van der Waals surface area contributed by atoms with E-state index in [-0.39, 0.29) is 5.91 Å². The van der Waals surface area contributed by atoms with E-state index < -0.39 is 42.0 Å². The maximum atomic E-state index is 13.4. The molecule has 2 unspecified atom stereocenters. The van der Waals surface area contributed by atoms with Crippen LogP contribution in [0.1, 0.15) is 69.7 Å². The zero-order chi connectivity index (χ0) is 25.3. The molecule has 33 heavy (non-hydrogen) atoms. The Kier molecular flexibility index (Phi) is 10.3. The molecule has 0 aliphatic carbocycles. The van der Waals surface area contributed by atoms with E-state index in [1.165, 1.54) is 11.9 Å². The Labute approximate surface area is 196 Å². The first-order valence-electron chi connectivity index (χ1n) is 11.2. The molecule has 0 spiro atoms. The van der Waals surface area contributed by atoms with Crippen molar-refractivity contribution in [2.75, 3.05) is 13.6 Å². The lowest BCUT2D eigenvalue weighted by Gasteiger charge is -2.32. The largest absolute Gasteiger partial charge is 0.444 e. The smallest absolute Gasteiger partial charge is 0.408 e. The number of amides is 4. The molecular formula is C24H38N4O5. The van der Waals surface area contributed by atoms with E-state index in [9.17, 15) is 19.2 Å². The van der Waals surface area contributed by atoms with Crippen LogP contribution in [0.2, 0.25) is 0 Å². The number of benzene rings is 1. The van der Waals surface area contributed by atoms with Crippen molar-refractivity contribution in [3.63, 3.8) is 0 Å². The quantitative estimate of drug-likeness (QED) is 0.460. The molecule has 0 saturated heterocycles. The molecule has 4 amide bonds. The highest BCUT2D eigenvalue weighted by Gasteiger charge is 2.35. The van der Waals surface area contributed by atoms with E-state index in [4.69, 9.17) is 10.5 Å². The Morgan fingerprint density at radius 1 is 1.15 bits per heavy atom. The summed E-state index contributed by atoms with van der Waals surface area (Å²) in [6.07, 6.45) is 0.419. The maximum absolute atomic E-state index is 13.4. The minimum Gasteiger partial charge on any atom is -0.444 e. The van der Waals surface area contributed by atoms with Crippen molar-refractivity contribution in [3.05, 3.63) is 34.9 Å². The number of carbonyl (C=O) groups is 4. The number of hydrogen-bond donors (Lipinski definition) is 3. The lowest BCUT2D eigenvalue weighted by atomic mass is 9.96. The Bertz CT molecular complexity index is 863. The van der Waals surface area contributed by atoms with Crippen LogP contribution in [-0.4, -0.2) is 54.0 Å². The molecule has 9 heteroatoms. The summed E-state index contributed by atoms with van der Waals surface area (Å²) in [6, 6.07) is 3.38. The van der Waals surface area contributed by atoms with Gasteiger partial charge in [0.1, 0.15) is 17.7 Å². The molecule has 184 valence electrons. The van der Waals surface area contributed by atoms with Crippen molar-refractivity contribution in [2.24, 2.45) is 5.73 Å². The normalized spacial score (nSPS) is 12.9. The Morgan fingerprint density at radius 3 is 2.30 bits per heavy atom. The number of likely N-dealkylation sites (N-methyl/N-ethyl adjacent to an activating group) is 1. The first-order chi connectivity index (χ1) is 15.3. The Balaban J connectivity index is 3.28. The van der Waals surface area contributed by atoms with E-state index >= 15 is 0 Å². The minimum atomic E-state index is -1.28. The van der Waals surface area contributed by atoms with Gasteiger partial charge in [-0.05, 0) is 52.2 Å². The van der Waals surface area contributed by atoms with Crippen LogP contribution in [0.25, 0.3) is 0 Å². The summed E-state index contributed by atoms with van der Waals surface area (Å²) in [5, 5.41) is 5.30. The number of unbranched alkanes of at least 4 members (excludes halogenated alkanes) is 1. The second-order valence-electron chi connectivity index (χ2n) is 9.23. The van der Waals surface area contributed by atoms with E-state index in [1.54, 1.807) is 20.8 Å². The third-order valence-corrected chi connectivity index (χ3v) is 4.93. The van der Waals surface area contributed by atoms with Gasteiger partial charge in [0.05, 0.1) is 6.42 Å². The first kappa shape index (κ1) is 27.9. The van der Waals surface area contributed by atoms with Crippen LogP contribution in [0.3, 0.4) is 0 Å². The molecule has 0 aliphatic rings.